The zero-order valence-corrected chi connectivity index (χ0v) is 15.9. The van der Waals surface area contributed by atoms with Crippen LogP contribution in [0.1, 0.15) is 43.7 Å². The van der Waals surface area contributed by atoms with Crippen LogP contribution in [0.3, 0.4) is 0 Å². The Morgan fingerprint density at radius 3 is 2.63 bits per heavy atom. The van der Waals surface area contributed by atoms with Crippen LogP contribution in [0.25, 0.3) is 0 Å². The number of hydrogen-bond acceptors (Lipinski definition) is 6. The SMILES string of the molecule is CCCCCCn1c(O)c(C#N)c(C)c(N=Nc2ccccc2OC)c1=O. The fourth-order valence-corrected chi connectivity index (χ4v) is 2.78. The summed E-state index contributed by atoms with van der Waals surface area (Å²) in [5.41, 5.74) is 0.410. The van der Waals surface area contributed by atoms with Gasteiger partial charge >= 0.3 is 0 Å². The lowest BCUT2D eigenvalue weighted by Gasteiger charge is -2.13. The lowest BCUT2D eigenvalue weighted by Crippen LogP contribution is -2.22. The van der Waals surface area contributed by atoms with E-state index in [9.17, 15) is 15.2 Å². The number of rotatable bonds is 8. The average Bonchev–Trinajstić information content (AvgIpc) is 2.68. The quantitative estimate of drug-likeness (QED) is 0.537. The van der Waals surface area contributed by atoms with E-state index in [0.717, 1.165) is 25.7 Å². The number of para-hydroxylation sites is 1. The number of methoxy groups -OCH3 is 1. The van der Waals surface area contributed by atoms with Crippen molar-refractivity contribution in [3.8, 4) is 17.7 Å². The van der Waals surface area contributed by atoms with E-state index in [0.29, 0.717) is 23.5 Å². The Balaban J connectivity index is 2.48. The Morgan fingerprint density at radius 2 is 1.96 bits per heavy atom. The number of pyridine rings is 1. The highest BCUT2D eigenvalue weighted by Crippen LogP contribution is 2.30. The minimum absolute atomic E-state index is 0.0408. The summed E-state index contributed by atoms with van der Waals surface area (Å²) in [4.78, 5) is 12.8. The van der Waals surface area contributed by atoms with Gasteiger partial charge in [0, 0.05) is 12.1 Å². The zero-order valence-electron chi connectivity index (χ0n) is 15.9. The second kappa shape index (κ2) is 9.53. The number of ether oxygens (including phenoxy) is 1. The molecule has 0 saturated heterocycles. The molecular formula is C20H24N4O3. The minimum Gasteiger partial charge on any atom is -0.494 e. The normalized spacial score (nSPS) is 10.9. The van der Waals surface area contributed by atoms with Gasteiger partial charge in [0.25, 0.3) is 5.56 Å². The highest BCUT2D eigenvalue weighted by atomic mass is 16.5. The van der Waals surface area contributed by atoms with Crippen molar-refractivity contribution in [2.75, 3.05) is 7.11 Å². The number of nitriles is 1. The van der Waals surface area contributed by atoms with Crippen molar-refractivity contribution in [2.45, 2.75) is 46.1 Å². The van der Waals surface area contributed by atoms with Gasteiger partial charge in [-0.2, -0.15) is 5.26 Å². The van der Waals surface area contributed by atoms with Gasteiger partial charge in [-0.25, -0.2) is 0 Å². The Bertz CT molecular complexity index is 926. The van der Waals surface area contributed by atoms with Crippen molar-refractivity contribution in [2.24, 2.45) is 10.2 Å². The molecule has 27 heavy (non-hydrogen) atoms. The summed E-state index contributed by atoms with van der Waals surface area (Å²) in [5.74, 6) is 0.214. The third kappa shape index (κ3) is 4.53. The first-order chi connectivity index (χ1) is 13.0. The van der Waals surface area contributed by atoms with Gasteiger partial charge in [0.1, 0.15) is 23.1 Å². The maximum Gasteiger partial charge on any atom is 0.281 e. The maximum absolute atomic E-state index is 12.8. The first kappa shape index (κ1) is 20.2. The standard InChI is InChI=1S/C20H24N4O3/c1-4-5-6-9-12-24-19(25)15(13-21)14(2)18(20(24)26)23-22-16-10-7-8-11-17(16)27-3/h7-8,10-11,25H,4-6,9,12H2,1-3H3. The topological polar surface area (TPSA) is 100.0 Å². The van der Waals surface area contributed by atoms with Crippen molar-refractivity contribution in [3.05, 3.63) is 45.7 Å². The summed E-state index contributed by atoms with van der Waals surface area (Å²) in [7, 11) is 1.53. The maximum atomic E-state index is 12.8. The number of aromatic hydroxyl groups is 1. The highest BCUT2D eigenvalue weighted by molar-refractivity contribution is 5.57. The molecule has 1 heterocycles. The molecular weight excluding hydrogens is 344 g/mol. The minimum atomic E-state index is -0.459. The van der Waals surface area contributed by atoms with E-state index in [1.807, 2.05) is 6.07 Å². The first-order valence-electron chi connectivity index (χ1n) is 8.96. The molecule has 1 N–H and O–H groups in total. The third-order valence-corrected chi connectivity index (χ3v) is 4.35. The van der Waals surface area contributed by atoms with Gasteiger partial charge in [0.2, 0.25) is 5.88 Å². The van der Waals surface area contributed by atoms with E-state index < -0.39 is 5.56 Å². The van der Waals surface area contributed by atoms with E-state index in [1.165, 1.54) is 11.7 Å². The largest absolute Gasteiger partial charge is 0.494 e. The molecule has 142 valence electrons. The monoisotopic (exact) mass is 368 g/mol. The number of unbranched alkanes of at least 4 members (excludes halogenated alkanes) is 3. The molecule has 0 fully saturated rings. The lowest BCUT2D eigenvalue weighted by atomic mass is 10.1. The van der Waals surface area contributed by atoms with Gasteiger partial charge in [-0.05, 0) is 25.5 Å². The van der Waals surface area contributed by atoms with Gasteiger partial charge in [0.05, 0.1) is 7.11 Å². The molecule has 0 spiro atoms. The van der Waals surface area contributed by atoms with Gasteiger partial charge in [-0.15, -0.1) is 10.2 Å². The van der Waals surface area contributed by atoms with Crippen LogP contribution in [0.2, 0.25) is 0 Å². The van der Waals surface area contributed by atoms with E-state index >= 15 is 0 Å². The average molecular weight is 368 g/mol. The van der Waals surface area contributed by atoms with Crippen molar-refractivity contribution >= 4 is 11.4 Å². The van der Waals surface area contributed by atoms with Crippen LogP contribution in [-0.2, 0) is 6.54 Å². The molecule has 1 aromatic carbocycles. The van der Waals surface area contributed by atoms with E-state index in [2.05, 4.69) is 17.2 Å². The van der Waals surface area contributed by atoms with Gasteiger partial charge < -0.3 is 9.84 Å². The molecule has 2 rings (SSSR count). The molecule has 0 saturated carbocycles. The van der Waals surface area contributed by atoms with Crippen LogP contribution in [-0.4, -0.2) is 16.8 Å². The number of azo groups is 1. The summed E-state index contributed by atoms with van der Waals surface area (Å²) in [5, 5.41) is 28.0. The van der Waals surface area contributed by atoms with Crippen molar-refractivity contribution in [1.29, 1.82) is 5.26 Å². The molecule has 0 radical (unpaired) electrons. The van der Waals surface area contributed by atoms with Gasteiger partial charge in [-0.3, -0.25) is 9.36 Å². The molecule has 2 aromatic rings. The van der Waals surface area contributed by atoms with Gasteiger partial charge in [-0.1, -0.05) is 38.3 Å². The summed E-state index contributed by atoms with van der Waals surface area (Å²) in [6.45, 7) is 4.01. The second-order valence-corrected chi connectivity index (χ2v) is 6.17. The molecule has 7 nitrogen and oxygen atoms in total. The molecule has 0 aliphatic heterocycles. The highest BCUT2D eigenvalue weighted by Gasteiger charge is 2.19. The van der Waals surface area contributed by atoms with Crippen LogP contribution < -0.4 is 10.3 Å². The van der Waals surface area contributed by atoms with Crippen molar-refractivity contribution < 1.29 is 9.84 Å². The van der Waals surface area contributed by atoms with Crippen molar-refractivity contribution in [1.82, 2.24) is 4.57 Å². The molecule has 7 heteroatoms. The predicted octanol–water partition coefficient (Wildman–Crippen LogP) is 4.74. The number of benzene rings is 1. The number of aromatic nitrogens is 1. The molecule has 0 aliphatic carbocycles. The smallest absolute Gasteiger partial charge is 0.281 e. The van der Waals surface area contributed by atoms with E-state index in [1.54, 1.807) is 31.2 Å². The van der Waals surface area contributed by atoms with Crippen molar-refractivity contribution in [3.63, 3.8) is 0 Å². The Morgan fingerprint density at radius 1 is 1.22 bits per heavy atom. The lowest BCUT2D eigenvalue weighted by molar-refractivity contribution is 0.397. The first-order valence-corrected chi connectivity index (χ1v) is 8.96. The fraction of sp³-hybridized carbons (Fsp3) is 0.400. The summed E-state index contributed by atoms with van der Waals surface area (Å²) < 4.78 is 6.43. The third-order valence-electron chi connectivity index (χ3n) is 4.35. The molecule has 0 aliphatic rings. The van der Waals surface area contributed by atoms with Crippen LogP contribution >= 0.6 is 0 Å². The Labute approximate surface area is 158 Å². The molecule has 1 aromatic heterocycles. The molecule has 0 bridgehead atoms. The van der Waals surface area contributed by atoms with E-state index in [-0.39, 0.29) is 17.1 Å². The summed E-state index contributed by atoms with van der Waals surface area (Å²) in [6, 6.07) is 9.00. The number of hydrogen-bond donors (Lipinski definition) is 1. The van der Waals surface area contributed by atoms with Gasteiger partial charge in [0.15, 0.2) is 5.69 Å². The van der Waals surface area contributed by atoms with Crippen LogP contribution in [0, 0.1) is 18.3 Å². The summed E-state index contributed by atoms with van der Waals surface area (Å²) in [6.07, 6.45) is 3.79. The molecule has 0 unspecified atom stereocenters. The Kier molecular flexibility index (Phi) is 7.12. The zero-order chi connectivity index (χ0) is 19.8. The number of nitrogens with zero attached hydrogens (tertiary/aromatic N) is 4. The van der Waals surface area contributed by atoms with E-state index in [4.69, 9.17) is 4.74 Å². The Hall–Kier alpha value is -3.14. The van der Waals surface area contributed by atoms with Crippen LogP contribution in [0.15, 0.2) is 39.3 Å². The molecule has 0 atom stereocenters. The van der Waals surface area contributed by atoms with Crippen LogP contribution in [0.5, 0.6) is 11.6 Å². The van der Waals surface area contributed by atoms with Crippen LogP contribution in [0.4, 0.5) is 11.4 Å². The molecule has 0 amide bonds. The second-order valence-electron chi connectivity index (χ2n) is 6.17. The fourth-order valence-electron chi connectivity index (χ4n) is 2.78. The predicted molar refractivity (Wildman–Crippen MR) is 103 cm³/mol. The summed E-state index contributed by atoms with van der Waals surface area (Å²) >= 11 is 0.